The Bertz CT molecular complexity index is 1050. The van der Waals surface area contributed by atoms with Crippen LogP contribution in [0.5, 0.6) is 0 Å². The largest absolute Gasteiger partial charge is 0.347 e. The number of hydrogen-bond donors (Lipinski definition) is 2. The second-order valence-electron chi connectivity index (χ2n) is 5.54. The van der Waals surface area contributed by atoms with Crippen LogP contribution in [0.1, 0.15) is 20.9 Å². The van der Waals surface area contributed by atoms with E-state index >= 15 is 0 Å². The first-order chi connectivity index (χ1) is 12.8. The molecule has 0 spiro atoms. The molecule has 27 heavy (non-hydrogen) atoms. The summed E-state index contributed by atoms with van der Waals surface area (Å²) in [5.74, 6) is -0.896. The zero-order valence-corrected chi connectivity index (χ0v) is 15.8. The third-order valence-electron chi connectivity index (χ3n) is 3.52. The van der Waals surface area contributed by atoms with Gasteiger partial charge in [-0.05, 0) is 42.8 Å². The van der Waals surface area contributed by atoms with Gasteiger partial charge in [-0.15, -0.1) is 0 Å². The van der Waals surface area contributed by atoms with Crippen molar-refractivity contribution < 1.29 is 17.6 Å². The first-order valence-corrected chi connectivity index (χ1v) is 10.1. The summed E-state index contributed by atoms with van der Waals surface area (Å²) >= 11 is 0.924. The van der Waals surface area contributed by atoms with Gasteiger partial charge in [0.15, 0.2) is 5.13 Å². The van der Waals surface area contributed by atoms with Crippen LogP contribution in [-0.4, -0.2) is 24.3 Å². The summed E-state index contributed by atoms with van der Waals surface area (Å²) in [6.07, 6.45) is 3.28. The molecule has 3 rings (SSSR count). The van der Waals surface area contributed by atoms with Crippen molar-refractivity contribution in [3.8, 4) is 0 Å². The number of benzene rings is 1. The van der Waals surface area contributed by atoms with E-state index in [1.165, 1.54) is 0 Å². The maximum absolute atomic E-state index is 13.0. The van der Waals surface area contributed by atoms with Gasteiger partial charge in [-0.2, -0.15) is 0 Å². The summed E-state index contributed by atoms with van der Waals surface area (Å²) < 4.78 is 40.0. The molecule has 0 aliphatic carbocycles. The molecule has 0 saturated carbocycles. The average molecular weight is 406 g/mol. The number of amides is 1. The molecule has 0 bridgehead atoms. The molecule has 1 amide bonds. The second-order valence-corrected chi connectivity index (χ2v) is 8.22. The van der Waals surface area contributed by atoms with Crippen molar-refractivity contribution in [2.75, 3.05) is 4.72 Å². The number of aryl methyl sites for hydroxylation is 1. The molecule has 7 nitrogen and oxygen atoms in total. The molecule has 0 aliphatic rings. The Balaban J connectivity index is 1.72. The molecule has 2 aromatic heterocycles. The zero-order valence-electron chi connectivity index (χ0n) is 14.1. The minimum Gasteiger partial charge on any atom is -0.347 e. The lowest BCUT2D eigenvalue weighted by atomic mass is 10.3. The molecular formula is C17H15FN4O3S2. The van der Waals surface area contributed by atoms with Crippen LogP contribution in [0.15, 0.2) is 53.7 Å². The van der Waals surface area contributed by atoms with Gasteiger partial charge >= 0.3 is 0 Å². The quantitative estimate of drug-likeness (QED) is 0.655. The number of nitrogens with one attached hydrogen (secondary N) is 2. The van der Waals surface area contributed by atoms with Crippen LogP contribution >= 0.6 is 11.3 Å². The van der Waals surface area contributed by atoms with E-state index in [-0.39, 0.29) is 15.9 Å². The Hall–Kier alpha value is -2.85. The minimum atomic E-state index is -3.92. The van der Waals surface area contributed by atoms with Crippen LogP contribution in [0.25, 0.3) is 0 Å². The number of carbonyl (C=O) groups excluding carboxylic acids is 1. The molecule has 1 aromatic carbocycles. The van der Waals surface area contributed by atoms with Gasteiger partial charge in [0.05, 0.1) is 10.6 Å². The molecule has 0 radical (unpaired) electrons. The third-order valence-corrected chi connectivity index (χ3v) is 6.08. The van der Waals surface area contributed by atoms with E-state index in [2.05, 4.69) is 20.0 Å². The van der Waals surface area contributed by atoms with E-state index in [1.807, 2.05) is 6.07 Å². The Morgan fingerprint density at radius 2 is 1.96 bits per heavy atom. The van der Waals surface area contributed by atoms with Gasteiger partial charge in [0.25, 0.3) is 15.9 Å². The predicted molar refractivity (Wildman–Crippen MR) is 99.5 cm³/mol. The van der Waals surface area contributed by atoms with Crippen LogP contribution in [0.3, 0.4) is 0 Å². The summed E-state index contributed by atoms with van der Waals surface area (Å²) in [7, 11) is -3.92. The number of rotatable bonds is 6. The van der Waals surface area contributed by atoms with Gasteiger partial charge < -0.3 is 5.32 Å². The van der Waals surface area contributed by atoms with Gasteiger partial charge in [0, 0.05) is 18.9 Å². The van der Waals surface area contributed by atoms with Gasteiger partial charge in [-0.3, -0.25) is 14.5 Å². The lowest BCUT2D eigenvalue weighted by molar-refractivity contribution is 0.0954. The lowest BCUT2D eigenvalue weighted by Gasteiger charge is -2.04. The Morgan fingerprint density at radius 1 is 1.22 bits per heavy atom. The fourth-order valence-electron chi connectivity index (χ4n) is 2.20. The molecule has 0 aliphatic heterocycles. The lowest BCUT2D eigenvalue weighted by Crippen LogP contribution is -2.22. The highest BCUT2D eigenvalue weighted by molar-refractivity contribution is 7.93. The SMILES string of the molecule is Cc1nc(NS(=O)(=O)c2ccc(F)cc2)sc1C(=O)NCc1cccnc1. The maximum atomic E-state index is 13.0. The van der Waals surface area contributed by atoms with Gasteiger partial charge in [-0.1, -0.05) is 17.4 Å². The van der Waals surface area contributed by atoms with Crippen LogP contribution in [0.2, 0.25) is 0 Å². The smallest absolute Gasteiger partial charge is 0.263 e. The molecule has 3 aromatic rings. The van der Waals surface area contributed by atoms with Crippen LogP contribution < -0.4 is 10.0 Å². The number of anilines is 1. The number of nitrogens with zero attached hydrogens (tertiary/aromatic N) is 2. The number of carbonyl (C=O) groups is 1. The number of sulfonamides is 1. The molecule has 2 N–H and O–H groups in total. The Morgan fingerprint density at radius 3 is 2.63 bits per heavy atom. The molecular weight excluding hydrogens is 391 g/mol. The Labute approximate surface area is 159 Å². The maximum Gasteiger partial charge on any atom is 0.263 e. The van der Waals surface area contributed by atoms with Gasteiger partial charge in [-0.25, -0.2) is 17.8 Å². The van der Waals surface area contributed by atoms with Crippen LogP contribution in [0.4, 0.5) is 9.52 Å². The van der Waals surface area contributed by atoms with E-state index in [0.29, 0.717) is 17.1 Å². The molecule has 0 unspecified atom stereocenters. The topological polar surface area (TPSA) is 101 Å². The summed E-state index contributed by atoms with van der Waals surface area (Å²) in [5, 5.41) is 2.80. The highest BCUT2D eigenvalue weighted by Gasteiger charge is 2.20. The summed E-state index contributed by atoms with van der Waals surface area (Å²) in [6, 6.07) is 8.01. The first kappa shape index (κ1) is 18.9. The average Bonchev–Trinajstić information content (AvgIpc) is 3.00. The van der Waals surface area contributed by atoms with Crippen molar-refractivity contribution in [3.05, 3.63) is 70.7 Å². The van der Waals surface area contributed by atoms with Crippen LogP contribution in [-0.2, 0) is 16.6 Å². The number of halogens is 1. The molecule has 2 heterocycles. The second kappa shape index (κ2) is 7.80. The molecule has 140 valence electrons. The molecule has 0 atom stereocenters. The summed E-state index contributed by atoms with van der Waals surface area (Å²) in [5.41, 5.74) is 1.24. The standard InChI is InChI=1S/C17H15FN4O3S2/c1-11-15(16(23)20-10-12-3-2-8-19-9-12)26-17(21-11)22-27(24,25)14-6-4-13(18)5-7-14/h2-9H,10H2,1H3,(H,20,23)(H,21,22). The van der Waals surface area contributed by atoms with E-state index in [1.54, 1.807) is 25.4 Å². The Kier molecular flexibility index (Phi) is 5.47. The third kappa shape index (κ3) is 4.66. The molecule has 0 saturated heterocycles. The number of thiazole rings is 1. The number of hydrogen-bond acceptors (Lipinski definition) is 6. The van der Waals surface area contributed by atoms with Crippen molar-refractivity contribution in [1.29, 1.82) is 0 Å². The summed E-state index contributed by atoms with van der Waals surface area (Å²) in [6.45, 7) is 1.91. The fraction of sp³-hybridized carbons (Fsp3) is 0.118. The van der Waals surface area contributed by atoms with Crippen molar-refractivity contribution in [1.82, 2.24) is 15.3 Å². The van der Waals surface area contributed by atoms with Crippen molar-refractivity contribution in [2.45, 2.75) is 18.4 Å². The summed E-state index contributed by atoms with van der Waals surface area (Å²) in [4.78, 5) is 20.6. The normalized spacial score (nSPS) is 11.2. The van der Waals surface area contributed by atoms with E-state index < -0.39 is 15.8 Å². The molecule has 0 fully saturated rings. The predicted octanol–water partition coefficient (Wildman–Crippen LogP) is 2.72. The van der Waals surface area contributed by atoms with E-state index in [9.17, 15) is 17.6 Å². The minimum absolute atomic E-state index is 0.0587. The van der Waals surface area contributed by atoms with Crippen molar-refractivity contribution >= 4 is 32.4 Å². The highest BCUT2D eigenvalue weighted by Crippen LogP contribution is 2.25. The van der Waals surface area contributed by atoms with Gasteiger partial charge in [0.1, 0.15) is 10.7 Å². The monoisotopic (exact) mass is 406 g/mol. The fourth-order valence-corrected chi connectivity index (χ4v) is 4.32. The van der Waals surface area contributed by atoms with Gasteiger partial charge in [0.2, 0.25) is 0 Å². The zero-order chi connectivity index (χ0) is 19.4. The van der Waals surface area contributed by atoms with Crippen LogP contribution in [0, 0.1) is 12.7 Å². The number of aromatic nitrogens is 2. The molecule has 10 heteroatoms. The first-order valence-electron chi connectivity index (χ1n) is 7.78. The van der Waals surface area contributed by atoms with E-state index in [0.717, 1.165) is 41.2 Å². The highest BCUT2D eigenvalue weighted by atomic mass is 32.2. The van der Waals surface area contributed by atoms with E-state index in [4.69, 9.17) is 0 Å². The van der Waals surface area contributed by atoms with Crippen molar-refractivity contribution in [3.63, 3.8) is 0 Å². The van der Waals surface area contributed by atoms with Crippen molar-refractivity contribution in [2.24, 2.45) is 0 Å². The number of pyridine rings is 1.